The Morgan fingerprint density at radius 3 is 2.20 bits per heavy atom. The molecule has 1 aliphatic carbocycles. The average Bonchev–Trinajstić information content (AvgIpc) is 2.87. The summed E-state index contributed by atoms with van der Waals surface area (Å²) in [6.07, 6.45) is 1.94. The van der Waals surface area contributed by atoms with Crippen LogP contribution in [0.1, 0.15) is 44.7 Å². The monoisotopic (exact) mass is 330 g/mol. The molecule has 1 aliphatic rings. The topological polar surface area (TPSA) is 24.4 Å². The normalized spacial score (nSPS) is 15.1. The van der Waals surface area contributed by atoms with Crippen LogP contribution >= 0.6 is 0 Å². The molecule has 0 fully saturated rings. The maximum Gasteiger partial charge on any atom is 0.0720 e. The molecule has 0 atom stereocenters. The highest BCUT2D eigenvalue weighted by Crippen LogP contribution is 2.34. The van der Waals surface area contributed by atoms with Crippen molar-refractivity contribution in [1.29, 1.82) is 0 Å². The molecule has 128 valence electrons. The van der Waals surface area contributed by atoms with Crippen LogP contribution in [-0.4, -0.2) is 5.71 Å². The summed E-state index contributed by atoms with van der Waals surface area (Å²) in [5.41, 5.74) is 13.6. The van der Waals surface area contributed by atoms with Gasteiger partial charge in [-0.1, -0.05) is 59.7 Å². The molecule has 0 radical (unpaired) electrons. The predicted octanol–water partition coefficient (Wildman–Crippen LogP) is 6.26. The van der Waals surface area contributed by atoms with Crippen LogP contribution in [0.4, 0.5) is 5.69 Å². The Kier molecular flexibility index (Phi) is 5.18. The molecule has 0 saturated heterocycles. The van der Waals surface area contributed by atoms with Crippen LogP contribution < -0.4 is 5.43 Å². The smallest absolute Gasteiger partial charge is 0.0720 e. The van der Waals surface area contributed by atoms with Gasteiger partial charge in [-0.2, -0.15) is 5.10 Å². The van der Waals surface area contributed by atoms with Gasteiger partial charge in [0.05, 0.1) is 11.4 Å². The Morgan fingerprint density at radius 2 is 1.56 bits per heavy atom. The van der Waals surface area contributed by atoms with Crippen LogP contribution in [0.15, 0.2) is 82.0 Å². The summed E-state index contributed by atoms with van der Waals surface area (Å²) in [7, 11) is 0. The lowest BCUT2D eigenvalue weighted by molar-refractivity contribution is 1.08. The third-order valence-electron chi connectivity index (χ3n) is 5.16. The molecule has 0 aliphatic heterocycles. The van der Waals surface area contributed by atoms with Crippen LogP contribution in [0, 0.1) is 6.92 Å². The molecule has 0 spiro atoms. The molecule has 0 saturated carbocycles. The zero-order valence-electron chi connectivity index (χ0n) is 15.6. The van der Waals surface area contributed by atoms with Crippen molar-refractivity contribution in [3.63, 3.8) is 0 Å². The molecular weight excluding hydrogens is 304 g/mol. The number of hydrazone groups is 1. The van der Waals surface area contributed by atoms with Crippen molar-refractivity contribution >= 4 is 11.4 Å². The Hall–Kier alpha value is -2.61. The zero-order chi connectivity index (χ0) is 17.8. The van der Waals surface area contributed by atoms with Crippen molar-refractivity contribution in [2.75, 3.05) is 5.43 Å². The number of rotatable bonds is 5. The number of benzene rings is 2. The van der Waals surface area contributed by atoms with Gasteiger partial charge in [-0.05, 0) is 62.5 Å². The summed E-state index contributed by atoms with van der Waals surface area (Å²) >= 11 is 0. The number of nitrogens with one attached hydrogen (secondary N) is 1. The Bertz CT molecular complexity index is 855. The minimum Gasteiger partial charge on any atom is -0.278 e. The molecule has 2 aromatic rings. The lowest BCUT2D eigenvalue weighted by Crippen LogP contribution is -2.07. The van der Waals surface area contributed by atoms with Crippen LogP contribution in [-0.2, 0) is 0 Å². The van der Waals surface area contributed by atoms with E-state index in [1.165, 1.54) is 33.4 Å². The first-order chi connectivity index (χ1) is 12.1. The van der Waals surface area contributed by atoms with E-state index >= 15 is 0 Å². The lowest BCUT2D eigenvalue weighted by atomic mass is 9.98. The van der Waals surface area contributed by atoms with E-state index in [9.17, 15) is 0 Å². The number of aryl methyl sites for hydroxylation is 1. The Morgan fingerprint density at radius 1 is 0.880 bits per heavy atom. The maximum absolute atomic E-state index is 4.79. The number of hydrogen-bond acceptors (Lipinski definition) is 2. The molecule has 2 heteroatoms. The third kappa shape index (κ3) is 3.90. The second-order valence-electron chi connectivity index (χ2n) is 6.84. The molecule has 3 rings (SSSR count). The first kappa shape index (κ1) is 17.2. The van der Waals surface area contributed by atoms with E-state index in [1.807, 2.05) is 18.2 Å². The van der Waals surface area contributed by atoms with Gasteiger partial charge in [0.2, 0.25) is 0 Å². The van der Waals surface area contributed by atoms with Gasteiger partial charge >= 0.3 is 0 Å². The molecule has 2 nitrogen and oxygen atoms in total. The molecular formula is C23H26N2. The van der Waals surface area contributed by atoms with Gasteiger partial charge < -0.3 is 0 Å². The standard InChI is InChI=1S/C23H26N2/c1-16-10-8-9-13-22(16)24-25-23(20-11-6-5-7-12-20)15-21-14-17(2)18(3)19(21)4/h5-13,24H,14-15H2,1-4H3. The summed E-state index contributed by atoms with van der Waals surface area (Å²) in [6.45, 7) is 8.79. The highest BCUT2D eigenvalue weighted by molar-refractivity contribution is 6.02. The third-order valence-corrected chi connectivity index (χ3v) is 5.16. The molecule has 0 unspecified atom stereocenters. The number of para-hydroxylation sites is 1. The summed E-state index contributed by atoms with van der Waals surface area (Å²) in [4.78, 5) is 0. The fourth-order valence-corrected chi connectivity index (χ4v) is 3.23. The van der Waals surface area contributed by atoms with Crippen molar-refractivity contribution in [3.05, 3.63) is 88.0 Å². The van der Waals surface area contributed by atoms with E-state index in [4.69, 9.17) is 5.10 Å². The van der Waals surface area contributed by atoms with Crippen molar-refractivity contribution in [1.82, 2.24) is 0 Å². The number of allylic oxidation sites excluding steroid dienone is 4. The van der Waals surface area contributed by atoms with E-state index in [1.54, 1.807) is 0 Å². The molecule has 1 N–H and O–H groups in total. The lowest BCUT2D eigenvalue weighted by Gasteiger charge is -2.12. The van der Waals surface area contributed by atoms with Crippen molar-refractivity contribution < 1.29 is 0 Å². The summed E-state index contributed by atoms with van der Waals surface area (Å²) < 4.78 is 0. The number of anilines is 1. The van der Waals surface area contributed by atoms with E-state index in [2.05, 4.69) is 69.5 Å². The van der Waals surface area contributed by atoms with Gasteiger partial charge in [0.1, 0.15) is 0 Å². The summed E-state index contributed by atoms with van der Waals surface area (Å²) in [5.74, 6) is 0. The predicted molar refractivity (Wildman–Crippen MR) is 108 cm³/mol. The quantitative estimate of drug-likeness (QED) is 0.508. The van der Waals surface area contributed by atoms with Gasteiger partial charge in [0.25, 0.3) is 0 Å². The SMILES string of the molecule is CC1=C(C)C(C)=C(CC(=NNc2ccccc2C)c2ccccc2)C1. The molecule has 25 heavy (non-hydrogen) atoms. The second-order valence-corrected chi connectivity index (χ2v) is 6.84. The van der Waals surface area contributed by atoms with Crippen LogP contribution in [0.2, 0.25) is 0 Å². The average molecular weight is 330 g/mol. The minimum absolute atomic E-state index is 0.878. The fourth-order valence-electron chi connectivity index (χ4n) is 3.23. The van der Waals surface area contributed by atoms with Gasteiger partial charge in [-0.25, -0.2) is 0 Å². The Balaban J connectivity index is 1.89. The van der Waals surface area contributed by atoms with E-state index in [0.717, 1.165) is 24.2 Å². The van der Waals surface area contributed by atoms with Crippen molar-refractivity contribution in [3.8, 4) is 0 Å². The van der Waals surface area contributed by atoms with Gasteiger partial charge in [-0.15, -0.1) is 0 Å². The van der Waals surface area contributed by atoms with Crippen molar-refractivity contribution in [2.24, 2.45) is 5.10 Å². The minimum atomic E-state index is 0.878. The molecule has 0 bridgehead atoms. The summed E-state index contributed by atoms with van der Waals surface area (Å²) in [6, 6.07) is 18.7. The first-order valence-electron chi connectivity index (χ1n) is 8.85. The zero-order valence-corrected chi connectivity index (χ0v) is 15.6. The van der Waals surface area contributed by atoms with E-state index in [0.29, 0.717) is 0 Å². The highest BCUT2D eigenvalue weighted by Gasteiger charge is 2.18. The molecule has 0 amide bonds. The van der Waals surface area contributed by atoms with Crippen molar-refractivity contribution in [2.45, 2.75) is 40.5 Å². The van der Waals surface area contributed by atoms with Gasteiger partial charge in [0.15, 0.2) is 0 Å². The second kappa shape index (κ2) is 7.52. The van der Waals surface area contributed by atoms with Crippen LogP contribution in [0.3, 0.4) is 0 Å². The maximum atomic E-state index is 4.79. The summed E-state index contributed by atoms with van der Waals surface area (Å²) in [5, 5.41) is 4.79. The van der Waals surface area contributed by atoms with Gasteiger partial charge in [-0.3, -0.25) is 5.43 Å². The van der Waals surface area contributed by atoms with Gasteiger partial charge in [0, 0.05) is 6.42 Å². The van der Waals surface area contributed by atoms with Crippen LogP contribution in [0.25, 0.3) is 0 Å². The molecule has 2 aromatic carbocycles. The van der Waals surface area contributed by atoms with E-state index < -0.39 is 0 Å². The van der Waals surface area contributed by atoms with Crippen LogP contribution in [0.5, 0.6) is 0 Å². The molecule has 0 heterocycles. The first-order valence-corrected chi connectivity index (χ1v) is 8.85. The largest absolute Gasteiger partial charge is 0.278 e. The number of hydrogen-bond donors (Lipinski definition) is 1. The Labute approximate surface area is 151 Å². The fraction of sp³-hybridized carbons (Fsp3) is 0.261. The highest BCUT2D eigenvalue weighted by atomic mass is 15.3. The number of nitrogens with zero attached hydrogens (tertiary/aromatic N) is 1. The van der Waals surface area contributed by atoms with E-state index in [-0.39, 0.29) is 0 Å². The molecule has 0 aromatic heterocycles.